The van der Waals surface area contributed by atoms with Crippen LogP contribution in [0.25, 0.3) is 0 Å². The van der Waals surface area contributed by atoms with Gasteiger partial charge in [0, 0.05) is 12.1 Å². The zero-order valence-electron chi connectivity index (χ0n) is 10.3. The van der Waals surface area contributed by atoms with Crippen LogP contribution in [0.3, 0.4) is 0 Å². The van der Waals surface area contributed by atoms with E-state index in [1.807, 2.05) is 0 Å². The van der Waals surface area contributed by atoms with Crippen LogP contribution in [0.15, 0.2) is 23.4 Å². The number of halogens is 1. The normalized spacial score (nSPS) is 13.5. The van der Waals surface area contributed by atoms with E-state index in [4.69, 9.17) is 21.1 Å². The van der Waals surface area contributed by atoms with Gasteiger partial charge in [-0.3, -0.25) is 4.72 Å². The Morgan fingerprint density at radius 2 is 2.05 bits per heavy atom. The lowest BCUT2D eigenvalue weighted by molar-refractivity contribution is 0.174. The first-order chi connectivity index (χ1) is 9.45. The summed E-state index contributed by atoms with van der Waals surface area (Å²) in [6, 6.07) is 2.98. The van der Waals surface area contributed by atoms with Crippen molar-refractivity contribution in [3.63, 3.8) is 0 Å². The molecule has 3 rings (SSSR count). The predicted molar refractivity (Wildman–Crippen MR) is 71.7 cm³/mol. The van der Waals surface area contributed by atoms with Crippen LogP contribution in [-0.2, 0) is 10.0 Å². The van der Waals surface area contributed by atoms with E-state index in [0.717, 1.165) is 0 Å². The molecule has 0 radical (unpaired) electrons. The smallest absolute Gasteiger partial charge is 0.279 e. The second-order valence-electron chi connectivity index (χ2n) is 4.12. The molecule has 1 aliphatic rings. The molecule has 20 heavy (non-hydrogen) atoms. The number of H-pyrrole nitrogens is 1. The van der Waals surface area contributed by atoms with Crippen LogP contribution in [0, 0.1) is 6.92 Å². The van der Waals surface area contributed by atoms with Crippen LogP contribution in [0.5, 0.6) is 11.5 Å². The fraction of sp³-hybridized carbons (Fsp3) is 0.182. The summed E-state index contributed by atoms with van der Waals surface area (Å²) in [4.78, 5) is 6.50. The Hall–Kier alpha value is -1.93. The quantitative estimate of drug-likeness (QED) is 0.902. The number of hydrogen-bond donors (Lipinski definition) is 2. The lowest BCUT2D eigenvalue weighted by atomic mass is 10.3. The maximum atomic E-state index is 12.2. The molecule has 0 spiro atoms. The molecular formula is C11H10ClN3O4S. The molecule has 2 heterocycles. The molecule has 0 aliphatic carbocycles. The average Bonchev–Trinajstić information content (AvgIpc) is 2.98. The molecule has 1 aliphatic heterocycles. The summed E-state index contributed by atoms with van der Waals surface area (Å²) in [6.45, 7) is 1.74. The molecule has 0 amide bonds. The number of aromatic nitrogens is 2. The van der Waals surface area contributed by atoms with Crippen molar-refractivity contribution >= 4 is 27.3 Å². The van der Waals surface area contributed by atoms with Gasteiger partial charge in [0.15, 0.2) is 16.5 Å². The Balaban J connectivity index is 1.95. The second-order valence-corrected chi connectivity index (χ2v) is 6.18. The number of aromatic amines is 1. The summed E-state index contributed by atoms with van der Waals surface area (Å²) in [5.74, 6) is 1.42. The highest BCUT2D eigenvalue weighted by Gasteiger charge is 2.21. The van der Waals surface area contributed by atoms with Crippen molar-refractivity contribution in [2.75, 3.05) is 11.5 Å². The number of hydrogen-bond acceptors (Lipinski definition) is 5. The standard InChI is InChI=1S/C11H10ClN3O4S/c1-6-13-4-11(14-6)20(16,17)15-8-3-10-9(2-7(8)12)18-5-19-10/h2-4,15H,5H2,1H3,(H,13,14). The summed E-state index contributed by atoms with van der Waals surface area (Å²) in [7, 11) is -3.78. The highest BCUT2D eigenvalue weighted by Crippen LogP contribution is 2.39. The van der Waals surface area contributed by atoms with E-state index in [1.54, 1.807) is 6.92 Å². The Morgan fingerprint density at radius 3 is 2.70 bits per heavy atom. The fourth-order valence-corrected chi connectivity index (χ4v) is 3.03. The minimum Gasteiger partial charge on any atom is -0.454 e. The SMILES string of the molecule is Cc1ncc(S(=O)(=O)Nc2cc3c(cc2Cl)OCO3)[nH]1. The number of ether oxygens (including phenoxy) is 2. The van der Waals surface area contributed by atoms with Crippen molar-refractivity contribution in [3.05, 3.63) is 29.2 Å². The van der Waals surface area contributed by atoms with Gasteiger partial charge in [0.25, 0.3) is 10.0 Å². The molecular weight excluding hydrogens is 306 g/mol. The fourth-order valence-electron chi connectivity index (χ4n) is 1.73. The molecule has 0 atom stereocenters. The van der Waals surface area contributed by atoms with Gasteiger partial charge < -0.3 is 14.5 Å². The van der Waals surface area contributed by atoms with Crippen LogP contribution in [0.2, 0.25) is 5.02 Å². The summed E-state index contributed by atoms with van der Waals surface area (Å²) in [5.41, 5.74) is 0.211. The molecule has 0 unspecified atom stereocenters. The van der Waals surface area contributed by atoms with Gasteiger partial charge in [-0.15, -0.1) is 0 Å². The minimum absolute atomic E-state index is 0.0382. The van der Waals surface area contributed by atoms with E-state index in [9.17, 15) is 8.42 Å². The van der Waals surface area contributed by atoms with Gasteiger partial charge in [-0.2, -0.15) is 8.42 Å². The predicted octanol–water partition coefficient (Wildman–Crippen LogP) is 1.90. The lowest BCUT2D eigenvalue weighted by Gasteiger charge is -2.09. The largest absolute Gasteiger partial charge is 0.454 e. The first-order valence-corrected chi connectivity index (χ1v) is 7.45. The van der Waals surface area contributed by atoms with E-state index in [1.165, 1.54) is 18.3 Å². The Bertz CT molecular complexity index is 772. The first-order valence-electron chi connectivity index (χ1n) is 5.59. The first kappa shape index (κ1) is 13.1. The Kier molecular flexibility index (Phi) is 2.98. The second kappa shape index (κ2) is 4.57. The van der Waals surface area contributed by atoms with E-state index in [0.29, 0.717) is 17.3 Å². The summed E-state index contributed by atoms with van der Waals surface area (Å²) in [6.07, 6.45) is 1.23. The van der Waals surface area contributed by atoms with Gasteiger partial charge >= 0.3 is 0 Å². The highest BCUT2D eigenvalue weighted by atomic mass is 35.5. The molecule has 0 bridgehead atoms. The van der Waals surface area contributed by atoms with E-state index in [2.05, 4.69) is 14.7 Å². The number of rotatable bonds is 3. The topological polar surface area (TPSA) is 93.3 Å². The summed E-state index contributed by atoms with van der Waals surface area (Å²) >= 11 is 6.02. The zero-order chi connectivity index (χ0) is 14.3. The number of anilines is 1. The number of nitrogens with zero attached hydrogens (tertiary/aromatic N) is 1. The number of fused-ring (bicyclic) bond motifs is 1. The Labute approximate surface area is 119 Å². The van der Waals surface area contributed by atoms with Crippen molar-refractivity contribution < 1.29 is 17.9 Å². The van der Waals surface area contributed by atoms with Gasteiger partial charge in [0.1, 0.15) is 5.82 Å². The summed E-state index contributed by atoms with van der Waals surface area (Å²) in [5, 5.41) is 0.179. The lowest BCUT2D eigenvalue weighted by Crippen LogP contribution is -2.13. The van der Waals surface area contributed by atoms with Gasteiger partial charge in [-0.1, -0.05) is 11.6 Å². The van der Waals surface area contributed by atoms with E-state index in [-0.39, 0.29) is 22.5 Å². The zero-order valence-corrected chi connectivity index (χ0v) is 11.9. The third-order valence-electron chi connectivity index (χ3n) is 2.68. The van der Waals surface area contributed by atoms with E-state index >= 15 is 0 Å². The molecule has 7 nitrogen and oxygen atoms in total. The minimum atomic E-state index is -3.78. The molecule has 1 aromatic heterocycles. The van der Waals surface area contributed by atoms with Crippen molar-refractivity contribution in [3.8, 4) is 11.5 Å². The van der Waals surface area contributed by atoms with Gasteiger partial charge in [0.05, 0.1) is 16.9 Å². The maximum Gasteiger partial charge on any atom is 0.279 e. The average molecular weight is 316 g/mol. The molecule has 9 heteroatoms. The summed E-state index contributed by atoms with van der Waals surface area (Å²) < 4.78 is 37.0. The number of aryl methyl sites for hydroxylation is 1. The van der Waals surface area contributed by atoms with E-state index < -0.39 is 10.0 Å². The number of nitrogens with one attached hydrogen (secondary N) is 2. The Morgan fingerprint density at radius 1 is 1.35 bits per heavy atom. The van der Waals surface area contributed by atoms with Crippen molar-refractivity contribution in [2.45, 2.75) is 11.9 Å². The van der Waals surface area contributed by atoms with Crippen molar-refractivity contribution in [2.24, 2.45) is 0 Å². The van der Waals surface area contributed by atoms with Gasteiger partial charge in [-0.05, 0) is 6.92 Å². The van der Waals surface area contributed by atoms with Gasteiger partial charge in [-0.25, -0.2) is 4.98 Å². The van der Waals surface area contributed by atoms with Crippen LogP contribution < -0.4 is 14.2 Å². The molecule has 0 fully saturated rings. The van der Waals surface area contributed by atoms with Crippen LogP contribution in [-0.4, -0.2) is 25.2 Å². The highest BCUT2D eigenvalue weighted by molar-refractivity contribution is 7.92. The van der Waals surface area contributed by atoms with Crippen LogP contribution in [0.4, 0.5) is 5.69 Å². The number of benzene rings is 1. The molecule has 0 saturated carbocycles. The van der Waals surface area contributed by atoms with Crippen molar-refractivity contribution in [1.82, 2.24) is 9.97 Å². The molecule has 2 N–H and O–H groups in total. The van der Waals surface area contributed by atoms with Crippen LogP contribution >= 0.6 is 11.6 Å². The third kappa shape index (κ3) is 2.27. The number of sulfonamides is 1. The van der Waals surface area contributed by atoms with Gasteiger partial charge in [0.2, 0.25) is 6.79 Å². The van der Waals surface area contributed by atoms with Crippen LogP contribution in [0.1, 0.15) is 5.82 Å². The monoisotopic (exact) mass is 315 g/mol. The number of imidazole rings is 1. The molecule has 0 saturated heterocycles. The maximum absolute atomic E-state index is 12.2. The molecule has 1 aromatic carbocycles. The molecule has 2 aromatic rings. The van der Waals surface area contributed by atoms with Crippen molar-refractivity contribution in [1.29, 1.82) is 0 Å². The molecule has 106 valence electrons. The third-order valence-corrected chi connectivity index (χ3v) is 4.26.